The van der Waals surface area contributed by atoms with Crippen molar-refractivity contribution in [2.75, 3.05) is 0 Å². The highest BCUT2D eigenvalue weighted by Crippen LogP contribution is 2.21. The first kappa shape index (κ1) is 11.5. The third-order valence-electron chi connectivity index (χ3n) is 2.28. The van der Waals surface area contributed by atoms with Gasteiger partial charge in [-0.2, -0.15) is 0 Å². The molecule has 1 atom stereocenters. The summed E-state index contributed by atoms with van der Waals surface area (Å²) in [5, 5.41) is 0.646. The molecule has 1 nitrogen and oxygen atoms in total. The van der Waals surface area contributed by atoms with Crippen LogP contribution in [-0.2, 0) is 6.42 Å². The van der Waals surface area contributed by atoms with Crippen LogP contribution in [0.5, 0.6) is 0 Å². The van der Waals surface area contributed by atoms with Crippen LogP contribution in [0.25, 0.3) is 0 Å². The Kier molecular flexibility index (Phi) is 3.51. The zero-order valence-corrected chi connectivity index (χ0v) is 9.18. The lowest BCUT2D eigenvalue weighted by atomic mass is 9.95. The van der Waals surface area contributed by atoms with E-state index in [1.807, 2.05) is 18.2 Å². The third-order valence-corrected chi connectivity index (χ3v) is 2.65. The first-order valence-corrected chi connectivity index (χ1v) is 4.97. The van der Waals surface area contributed by atoms with E-state index >= 15 is 0 Å². The Morgan fingerprint density at radius 2 is 2.00 bits per heavy atom. The second-order valence-electron chi connectivity index (χ2n) is 3.97. The summed E-state index contributed by atoms with van der Waals surface area (Å²) in [7, 11) is 0. The number of nitrogens with two attached hydrogens (primary N) is 1. The Morgan fingerprint density at radius 3 is 2.50 bits per heavy atom. The van der Waals surface area contributed by atoms with Gasteiger partial charge in [0, 0.05) is 11.1 Å². The molecule has 3 heteroatoms. The zero-order chi connectivity index (χ0) is 10.8. The molecule has 0 aliphatic carbocycles. The van der Waals surface area contributed by atoms with Crippen LogP contribution in [0.15, 0.2) is 24.3 Å². The maximum atomic E-state index is 13.4. The van der Waals surface area contributed by atoms with Crippen molar-refractivity contribution in [3.63, 3.8) is 0 Å². The normalized spacial score (nSPS) is 14.1. The average Bonchev–Trinajstić information content (AvgIpc) is 2.07. The average molecular weight is 216 g/mol. The smallest absolute Gasteiger partial charge is 0.120 e. The summed E-state index contributed by atoms with van der Waals surface area (Å²) in [6.07, 6.45) is 0.461. The minimum Gasteiger partial charge on any atom is -0.325 e. The van der Waals surface area contributed by atoms with Crippen LogP contribution in [0.1, 0.15) is 19.4 Å². The summed E-state index contributed by atoms with van der Waals surface area (Å²) in [5.41, 5.74) is 5.24. The van der Waals surface area contributed by atoms with Crippen LogP contribution in [0.4, 0.5) is 4.39 Å². The molecule has 0 amide bonds. The van der Waals surface area contributed by atoms with Gasteiger partial charge in [0.25, 0.3) is 0 Å². The minimum atomic E-state index is -1.38. The highest BCUT2D eigenvalue weighted by molar-refractivity contribution is 6.31. The highest BCUT2D eigenvalue weighted by atomic mass is 35.5. The molecule has 1 aromatic carbocycles. The van der Waals surface area contributed by atoms with Crippen molar-refractivity contribution in [2.24, 2.45) is 5.73 Å². The number of halogens is 2. The first-order valence-electron chi connectivity index (χ1n) is 4.59. The van der Waals surface area contributed by atoms with Crippen LogP contribution >= 0.6 is 11.6 Å². The lowest BCUT2D eigenvalue weighted by molar-refractivity contribution is 0.172. The van der Waals surface area contributed by atoms with Gasteiger partial charge in [-0.15, -0.1) is 0 Å². The number of rotatable bonds is 3. The molecule has 1 unspecified atom stereocenters. The van der Waals surface area contributed by atoms with Crippen LogP contribution < -0.4 is 5.73 Å². The van der Waals surface area contributed by atoms with Gasteiger partial charge in [0.05, 0.1) is 0 Å². The van der Waals surface area contributed by atoms with Crippen LogP contribution in [0.2, 0.25) is 5.02 Å². The van der Waals surface area contributed by atoms with Crippen molar-refractivity contribution in [1.29, 1.82) is 0 Å². The van der Waals surface area contributed by atoms with E-state index < -0.39 is 11.7 Å². The monoisotopic (exact) mass is 215 g/mol. The molecule has 0 fully saturated rings. The molecule has 2 N–H and O–H groups in total. The topological polar surface area (TPSA) is 26.0 Å². The molecule has 1 aromatic rings. The van der Waals surface area contributed by atoms with Crippen molar-refractivity contribution >= 4 is 11.6 Å². The predicted molar refractivity (Wildman–Crippen MR) is 58.3 cm³/mol. The van der Waals surface area contributed by atoms with E-state index in [1.165, 1.54) is 13.8 Å². The number of benzene rings is 1. The summed E-state index contributed by atoms with van der Waals surface area (Å²) in [5.74, 6) is 0. The molecule has 1 rings (SSSR count). The minimum absolute atomic E-state index is 0.461. The first-order chi connectivity index (χ1) is 6.41. The fourth-order valence-corrected chi connectivity index (χ4v) is 1.36. The summed E-state index contributed by atoms with van der Waals surface area (Å²) in [4.78, 5) is 0. The zero-order valence-electron chi connectivity index (χ0n) is 8.43. The fourth-order valence-electron chi connectivity index (χ4n) is 1.14. The number of hydrogen-bond acceptors (Lipinski definition) is 1. The van der Waals surface area contributed by atoms with E-state index in [4.69, 9.17) is 17.3 Å². The Bertz CT molecular complexity index is 306. The summed E-state index contributed by atoms with van der Waals surface area (Å²) < 4.78 is 13.4. The summed E-state index contributed by atoms with van der Waals surface area (Å²) >= 11 is 5.94. The molecule has 0 saturated heterocycles. The van der Waals surface area contributed by atoms with Gasteiger partial charge in [0.2, 0.25) is 0 Å². The molecule has 0 bridgehead atoms. The van der Waals surface area contributed by atoms with E-state index in [0.29, 0.717) is 11.4 Å². The van der Waals surface area contributed by atoms with Gasteiger partial charge in [-0.25, -0.2) is 4.39 Å². The lowest BCUT2D eigenvalue weighted by Crippen LogP contribution is -2.41. The van der Waals surface area contributed by atoms with Crippen molar-refractivity contribution in [3.05, 3.63) is 34.9 Å². The van der Waals surface area contributed by atoms with Crippen molar-refractivity contribution < 1.29 is 4.39 Å². The Morgan fingerprint density at radius 1 is 1.43 bits per heavy atom. The van der Waals surface area contributed by atoms with Gasteiger partial charge in [-0.1, -0.05) is 29.8 Å². The van der Waals surface area contributed by atoms with Gasteiger partial charge in [-0.05, 0) is 31.9 Å². The molecule has 0 spiro atoms. The van der Waals surface area contributed by atoms with Crippen molar-refractivity contribution in [3.8, 4) is 0 Å². The number of hydrogen-bond donors (Lipinski definition) is 1. The molecule has 0 saturated carbocycles. The van der Waals surface area contributed by atoms with Crippen LogP contribution in [0, 0.1) is 0 Å². The van der Waals surface area contributed by atoms with E-state index in [1.54, 1.807) is 6.07 Å². The van der Waals surface area contributed by atoms with Crippen molar-refractivity contribution in [2.45, 2.75) is 32.0 Å². The standard InChI is InChI=1S/C11H15ClFN/c1-11(2,13)10(14)7-8-5-3-4-6-9(8)12/h3-6,10H,7,14H2,1-2H3. The van der Waals surface area contributed by atoms with Gasteiger partial charge < -0.3 is 5.73 Å². The van der Waals surface area contributed by atoms with Gasteiger partial charge in [0.1, 0.15) is 5.67 Å². The van der Waals surface area contributed by atoms with Crippen molar-refractivity contribution in [1.82, 2.24) is 0 Å². The Labute approximate surface area is 89.1 Å². The molecular weight excluding hydrogens is 201 g/mol. The molecule has 0 heterocycles. The quantitative estimate of drug-likeness (QED) is 0.825. The second-order valence-corrected chi connectivity index (χ2v) is 4.37. The predicted octanol–water partition coefficient (Wildman–Crippen LogP) is 2.96. The summed E-state index contributed by atoms with van der Waals surface area (Å²) in [6, 6.07) is 6.85. The molecule has 0 aliphatic heterocycles. The molecule has 0 radical (unpaired) electrons. The van der Waals surface area contributed by atoms with E-state index in [-0.39, 0.29) is 0 Å². The van der Waals surface area contributed by atoms with E-state index in [0.717, 1.165) is 5.56 Å². The lowest BCUT2D eigenvalue weighted by Gasteiger charge is -2.23. The maximum Gasteiger partial charge on any atom is 0.120 e. The van der Waals surface area contributed by atoms with Gasteiger partial charge in [0.15, 0.2) is 0 Å². The van der Waals surface area contributed by atoms with Crippen LogP contribution in [-0.4, -0.2) is 11.7 Å². The van der Waals surface area contributed by atoms with E-state index in [2.05, 4.69) is 0 Å². The SMILES string of the molecule is CC(C)(F)C(N)Cc1ccccc1Cl. The molecule has 0 aromatic heterocycles. The fraction of sp³-hybridized carbons (Fsp3) is 0.455. The third kappa shape index (κ3) is 2.96. The molecule has 14 heavy (non-hydrogen) atoms. The van der Waals surface area contributed by atoms with Gasteiger partial charge in [-0.3, -0.25) is 0 Å². The summed E-state index contributed by atoms with van der Waals surface area (Å²) in [6.45, 7) is 2.96. The number of alkyl halides is 1. The van der Waals surface area contributed by atoms with Gasteiger partial charge >= 0.3 is 0 Å². The molecule has 78 valence electrons. The maximum absolute atomic E-state index is 13.4. The second kappa shape index (κ2) is 4.28. The molecule has 0 aliphatic rings. The van der Waals surface area contributed by atoms with E-state index in [9.17, 15) is 4.39 Å². The Balaban J connectivity index is 2.75. The molecular formula is C11H15ClFN. The highest BCUT2D eigenvalue weighted by Gasteiger charge is 2.25. The Hall–Kier alpha value is -0.600. The largest absolute Gasteiger partial charge is 0.325 e. The van der Waals surface area contributed by atoms with Crippen LogP contribution in [0.3, 0.4) is 0 Å².